The molecule has 5 heteroatoms. The van der Waals surface area contributed by atoms with Crippen LogP contribution >= 0.6 is 22.9 Å². The number of nitrogens with one attached hydrogen (secondary N) is 1. The van der Waals surface area contributed by atoms with Crippen molar-refractivity contribution >= 4 is 28.8 Å². The van der Waals surface area contributed by atoms with Gasteiger partial charge in [-0.25, -0.2) is 0 Å². The van der Waals surface area contributed by atoms with Gasteiger partial charge in [-0.15, -0.1) is 11.3 Å². The molecule has 0 unspecified atom stereocenters. The van der Waals surface area contributed by atoms with Crippen molar-refractivity contribution < 1.29 is 9.21 Å². The molecule has 0 aromatic carbocycles. The Bertz CT molecular complexity index is 518. The normalized spacial score (nSPS) is 10.5. The third-order valence-electron chi connectivity index (χ3n) is 2.49. The van der Waals surface area contributed by atoms with Gasteiger partial charge in [-0.1, -0.05) is 6.92 Å². The molecule has 0 radical (unpaired) electrons. The van der Waals surface area contributed by atoms with Crippen molar-refractivity contribution in [2.75, 3.05) is 0 Å². The molecule has 2 aromatic rings. The van der Waals surface area contributed by atoms with Crippen LogP contribution in [0.2, 0.25) is 5.22 Å². The minimum Gasteiger partial charge on any atom is -0.452 e. The molecular formula is C12H12ClNO2S. The topological polar surface area (TPSA) is 42.2 Å². The van der Waals surface area contributed by atoms with E-state index in [9.17, 15) is 4.79 Å². The Morgan fingerprint density at radius 2 is 2.35 bits per heavy atom. The summed E-state index contributed by atoms with van der Waals surface area (Å²) in [6, 6.07) is 3.64. The summed E-state index contributed by atoms with van der Waals surface area (Å²) in [5.74, 6) is -0.209. The summed E-state index contributed by atoms with van der Waals surface area (Å²) >= 11 is 7.38. The minimum absolute atomic E-state index is 0.129. The van der Waals surface area contributed by atoms with E-state index in [1.807, 2.05) is 5.38 Å². The molecule has 2 heterocycles. The third-order valence-corrected chi connectivity index (χ3v) is 3.75. The van der Waals surface area contributed by atoms with Gasteiger partial charge in [-0.05, 0) is 41.1 Å². The summed E-state index contributed by atoms with van der Waals surface area (Å²) in [4.78, 5) is 13.0. The van der Waals surface area contributed by atoms with E-state index >= 15 is 0 Å². The highest BCUT2D eigenvalue weighted by Crippen LogP contribution is 2.19. The lowest BCUT2D eigenvalue weighted by Gasteiger charge is -2.04. The number of hydrogen-bond donors (Lipinski definition) is 1. The summed E-state index contributed by atoms with van der Waals surface area (Å²) in [5.41, 5.74) is 1.65. The first-order valence-corrected chi connectivity index (χ1v) is 6.54. The number of carbonyl (C=O) groups is 1. The average Bonchev–Trinajstić information content (AvgIpc) is 2.94. The molecule has 0 spiro atoms. The number of thiophene rings is 1. The predicted octanol–water partition coefficient (Wildman–Crippen LogP) is 3.49. The van der Waals surface area contributed by atoms with Crippen LogP contribution in [0.25, 0.3) is 0 Å². The van der Waals surface area contributed by atoms with Gasteiger partial charge in [0.1, 0.15) is 0 Å². The molecule has 90 valence electrons. The molecule has 3 nitrogen and oxygen atoms in total. The molecule has 0 fully saturated rings. The second-order valence-corrected chi connectivity index (χ2v) is 4.86. The van der Waals surface area contributed by atoms with E-state index in [1.54, 1.807) is 17.4 Å². The lowest BCUT2D eigenvalue weighted by molar-refractivity contribution is 0.0951. The molecule has 0 saturated heterocycles. The lowest BCUT2D eigenvalue weighted by Crippen LogP contribution is -2.22. The fraction of sp³-hybridized carbons (Fsp3) is 0.250. The summed E-state index contributed by atoms with van der Waals surface area (Å²) in [6.45, 7) is 2.63. The number of rotatable bonds is 4. The first-order valence-electron chi connectivity index (χ1n) is 5.28. The maximum atomic E-state index is 11.8. The smallest absolute Gasteiger partial charge is 0.256 e. The fourth-order valence-electron chi connectivity index (χ4n) is 1.55. The quantitative estimate of drug-likeness (QED) is 0.923. The fourth-order valence-corrected chi connectivity index (χ4v) is 2.66. The van der Waals surface area contributed by atoms with Gasteiger partial charge < -0.3 is 9.73 Å². The Morgan fingerprint density at radius 1 is 1.53 bits per heavy atom. The van der Waals surface area contributed by atoms with Crippen molar-refractivity contribution in [2.45, 2.75) is 19.9 Å². The zero-order valence-electron chi connectivity index (χ0n) is 9.33. The van der Waals surface area contributed by atoms with Crippen LogP contribution in [0.4, 0.5) is 0 Å². The first-order chi connectivity index (χ1) is 8.22. The van der Waals surface area contributed by atoms with Gasteiger partial charge in [0.2, 0.25) is 5.22 Å². The van der Waals surface area contributed by atoms with Crippen LogP contribution < -0.4 is 5.32 Å². The highest BCUT2D eigenvalue weighted by atomic mass is 35.5. The number of furan rings is 1. The number of hydrogen-bond acceptors (Lipinski definition) is 3. The number of aryl methyl sites for hydroxylation is 1. The summed E-state index contributed by atoms with van der Waals surface area (Å²) in [5, 5.41) is 4.99. The van der Waals surface area contributed by atoms with Crippen LogP contribution in [0.5, 0.6) is 0 Å². The van der Waals surface area contributed by atoms with Gasteiger partial charge in [0.15, 0.2) is 0 Å². The van der Waals surface area contributed by atoms with Crippen LogP contribution in [0.1, 0.15) is 27.7 Å². The Balaban J connectivity index is 1.99. The first kappa shape index (κ1) is 12.2. The van der Waals surface area contributed by atoms with E-state index in [4.69, 9.17) is 16.0 Å². The van der Waals surface area contributed by atoms with Crippen molar-refractivity contribution in [1.82, 2.24) is 5.32 Å². The Kier molecular flexibility index (Phi) is 3.86. The van der Waals surface area contributed by atoms with Crippen LogP contribution in [-0.2, 0) is 13.0 Å². The van der Waals surface area contributed by atoms with E-state index in [1.165, 1.54) is 16.7 Å². The van der Waals surface area contributed by atoms with Crippen molar-refractivity contribution in [3.05, 3.63) is 45.0 Å². The highest BCUT2D eigenvalue weighted by Gasteiger charge is 2.13. The van der Waals surface area contributed by atoms with Crippen molar-refractivity contribution in [1.29, 1.82) is 0 Å². The summed E-state index contributed by atoms with van der Waals surface area (Å²) in [6.07, 6.45) is 2.38. The molecule has 2 aromatic heterocycles. The van der Waals surface area contributed by atoms with Crippen LogP contribution in [-0.4, -0.2) is 5.91 Å². The van der Waals surface area contributed by atoms with Gasteiger partial charge in [-0.3, -0.25) is 4.79 Å². The molecule has 0 aliphatic rings. The van der Waals surface area contributed by atoms with Gasteiger partial charge >= 0.3 is 0 Å². The zero-order chi connectivity index (χ0) is 12.3. The maximum Gasteiger partial charge on any atom is 0.256 e. The number of halogens is 1. The van der Waals surface area contributed by atoms with Crippen LogP contribution in [0.15, 0.2) is 28.2 Å². The lowest BCUT2D eigenvalue weighted by atomic mass is 10.2. The summed E-state index contributed by atoms with van der Waals surface area (Å²) in [7, 11) is 0. The third kappa shape index (κ3) is 2.70. The molecule has 1 amide bonds. The maximum absolute atomic E-state index is 11.8. The molecule has 0 aliphatic heterocycles. The van der Waals surface area contributed by atoms with E-state index < -0.39 is 0 Å². The van der Waals surface area contributed by atoms with Crippen molar-refractivity contribution in [3.63, 3.8) is 0 Å². The SMILES string of the molecule is CCc1ccsc1CNC(=O)c1ccoc1Cl. The Labute approximate surface area is 108 Å². The van der Waals surface area contributed by atoms with Gasteiger partial charge in [0.25, 0.3) is 5.91 Å². The van der Waals surface area contributed by atoms with E-state index in [0.29, 0.717) is 12.1 Å². The second-order valence-electron chi connectivity index (χ2n) is 3.51. The average molecular weight is 270 g/mol. The highest BCUT2D eigenvalue weighted by molar-refractivity contribution is 7.10. The van der Waals surface area contributed by atoms with Gasteiger partial charge in [-0.2, -0.15) is 0 Å². The molecule has 1 N–H and O–H groups in total. The molecular weight excluding hydrogens is 258 g/mol. The van der Waals surface area contributed by atoms with Crippen molar-refractivity contribution in [2.24, 2.45) is 0 Å². The minimum atomic E-state index is -0.209. The van der Waals surface area contributed by atoms with Gasteiger partial charge in [0.05, 0.1) is 18.4 Å². The number of amides is 1. The largest absolute Gasteiger partial charge is 0.452 e. The predicted molar refractivity (Wildman–Crippen MR) is 68.6 cm³/mol. The van der Waals surface area contributed by atoms with E-state index in [0.717, 1.165) is 6.42 Å². The van der Waals surface area contributed by atoms with Crippen LogP contribution in [0, 0.1) is 0 Å². The molecule has 0 aliphatic carbocycles. The van der Waals surface area contributed by atoms with E-state index in [-0.39, 0.29) is 11.1 Å². The standard InChI is InChI=1S/C12H12ClNO2S/c1-2-8-4-6-17-10(8)7-14-12(15)9-3-5-16-11(9)13/h3-6H,2,7H2,1H3,(H,14,15). The Morgan fingerprint density at radius 3 is 3.00 bits per heavy atom. The monoisotopic (exact) mass is 269 g/mol. The molecule has 0 atom stereocenters. The zero-order valence-corrected chi connectivity index (χ0v) is 10.9. The molecule has 0 bridgehead atoms. The van der Waals surface area contributed by atoms with Crippen molar-refractivity contribution in [3.8, 4) is 0 Å². The second kappa shape index (κ2) is 5.38. The molecule has 0 saturated carbocycles. The van der Waals surface area contributed by atoms with Crippen LogP contribution in [0.3, 0.4) is 0 Å². The Hall–Kier alpha value is -1.26. The summed E-state index contributed by atoms with van der Waals surface area (Å²) < 4.78 is 4.87. The number of carbonyl (C=O) groups excluding carboxylic acids is 1. The molecule has 17 heavy (non-hydrogen) atoms. The molecule has 2 rings (SSSR count). The van der Waals surface area contributed by atoms with Gasteiger partial charge in [0, 0.05) is 4.88 Å². The van der Waals surface area contributed by atoms with E-state index in [2.05, 4.69) is 18.3 Å².